The van der Waals surface area contributed by atoms with E-state index < -0.39 is 6.09 Å². The van der Waals surface area contributed by atoms with Gasteiger partial charge in [-0.1, -0.05) is 78.9 Å². The van der Waals surface area contributed by atoms with Crippen molar-refractivity contribution in [1.29, 1.82) is 0 Å². The standard InChI is InChI=1S/C27H23N3O2/c1-18-25(22-13-7-8-14-23(22)28)26-21-12-6-5-11-20(21)15-16-24(26)30(18)29-27(31)32-17-19-9-3-2-4-10-19/h2-16H,17,28H2,1H3,(H,29,31). The fraction of sp³-hybridized carbons (Fsp3) is 0.0741. The highest BCUT2D eigenvalue weighted by molar-refractivity contribution is 6.16. The number of carbonyl (C=O) groups is 1. The minimum Gasteiger partial charge on any atom is -0.443 e. The van der Waals surface area contributed by atoms with E-state index in [0.29, 0.717) is 5.69 Å². The van der Waals surface area contributed by atoms with Crippen LogP contribution in [-0.2, 0) is 11.3 Å². The van der Waals surface area contributed by atoms with Gasteiger partial charge in [-0.2, -0.15) is 0 Å². The monoisotopic (exact) mass is 421 g/mol. The van der Waals surface area contributed by atoms with Gasteiger partial charge in [0.05, 0.1) is 5.52 Å². The minimum absolute atomic E-state index is 0.201. The largest absolute Gasteiger partial charge is 0.443 e. The number of hydrogen-bond donors (Lipinski definition) is 2. The van der Waals surface area contributed by atoms with Gasteiger partial charge in [0.2, 0.25) is 0 Å². The summed E-state index contributed by atoms with van der Waals surface area (Å²) in [6, 6.07) is 29.7. The van der Waals surface area contributed by atoms with Crippen molar-refractivity contribution in [3.8, 4) is 11.1 Å². The first kappa shape index (κ1) is 19.7. The molecule has 32 heavy (non-hydrogen) atoms. The second-order valence-corrected chi connectivity index (χ2v) is 7.74. The van der Waals surface area contributed by atoms with Crippen molar-refractivity contribution in [1.82, 2.24) is 4.68 Å². The molecule has 0 aliphatic rings. The van der Waals surface area contributed by atoms with Crippen molar-refractivity contribution in [2.45, 2.75) is 13.5 Å². The quantitative estimate of drug-likeness (QED) is 0.338. The number of ether oxygens (including phenoxy) is 1. The molecule has 0 fully saturated rings. The zero-order chi connectivity index (χ0) is 22.1. The maximum Gasteiger partial charge on any atom is 0.426 e. The lowest BCUT2D eigenvalue weighted by molar-refractivity contribution is 0.152. The molecule has 0 atom stereocenters. The van der Waals surface area contributed by atoms with Crippen LogP contribution < -0.4 is 11.2 Å². The summed E-state index contributed by atoms with van der Waals surface area (Å²) in [6.07, 6.45) is -0.519. The van der Waals surface area contributed by atoms with E-state index in [2.05, 4.69) is 23.6 Å². The number of aromatic nitrogens is 1. The van der Waals surface area contributed by atoms with Crippen LogP contribution in [-0.4, -0.2) is 10.8 Å². The molecular formula is C27H23N3O2. The van der Waals surface area contributed by atoms with E-state index in [1.54, 1.807) is 4.68 Å². The number of benzene rings is 4. The van der Waals surface area contributed by atoms with Gasteiger partial charge < -0.3 is 10.5 Å². The van der Waals surface area contributed by atoms with Gasteiger partial charge in [0.25, 0.3) is 0 Å². The first-order chi connectivity index (χ1) is 15.6. The number of nitrogens with one attached hydrogen (secondary N) is 1. The minimum atomic E-state index is -0.519. The third kappa shape index (κ3) is 3.44. The Kier molecular flexibility index (Phi) is 5.00. The topological polar surface area (TPSA) is 69.3 Å². The van der Waals surface area contributed by atoms with Crippen LogP contribution in [0.3, 0.4) is 0 Å². The van der Waals surface area contributed by atoms with Gasteiger partial charge in [-0.3, -0.25) is 4.68 Å². The lowest BCUT2D eigenvalue weighted by Crippen LogP contribution is -2.24. The molecule has 0 aliphatic heterocycles. The smallest absolute Gasteiger partial charge is 0.426 e. The van der Waals surface area contributed by atoms with Gasteiger partial charge >= 0.3 is 6.09 Å². The Hall–Kier alpha value is -4.25. The maximum atomic E-state index is 12.7. The van der Waals surface area contributed by atoms with Crippen molar-refractivity contribution >= 4 is 33.5 Å². The number of nitrogens with zero attached hydrogens (tertiary/aromatic N) is 1. The molecule has 0 spiro atoms. The Bertz CT molecular complexity index is 1440. The molecule has 5 heteroatoms. The van der Waals surface area contributed by atoms with Crippen LogP contribution in [0.4, 0.5) is 10.5 Å². The molecule has 4 aromatic carbocycles. The molecule has 1 amide bonds. The van der Waals surface area contributed by atoms with E-state index in [9.17, 15) is 4.79 Å². The number of rotatable bonds is 4. The first-order valence-electron chi connectivity index (χ1n) is 10.5. The third-order valence-electron chi connectivity index (χ3n) is 5.74. The molecule has 0 saturated heterocycles. The number of amides is 1. The average Bonchev–Trinajstić information content (AvgIpc) is 3.10. The molecule has 1 heterocycles. The van der Waals surface area contributed by atoms with Crippen LogP contribution in [0.15, 0.2) is 91.0 Å². The molecule has 158 valence electrons. The molecule has 0 unspecified atom stereocenters. The van der Waals surface area contributed by atoms with Gasteiger partial charge in [-0.05, 0) is 35.4 Å². The molecule has 5 nitrogen and oxygen atoms in total. The van der Waals surface area contributed by atoms with Crippen LogP contribution in [0.5, 0.6) is 0 Å². The van der Waals surface area contributed by atoms with Gasteiger partial charge in [-0.15, -0.1) is 0 Å². The van der Waals surface area contributed by atoms with Crippen LogP contribution >= 0.6 is 0 Å². The zero-order valence-electron chi connectivity index (χ0n) is 17.7. The Labute approximate surface area is 186 Å². The van der Waals surface area contributed by atoms with Crippen molar-refractivity contribution in [2.24, 2.45) is 0 Å². The Balaban J connectivity index is 1.62. The van der Waals surface area contributed by atoms with Gasteiger partial charge in [0, 0.05) is 27.9 Å². The van der Waals surface area contributed by atoms with Crippen molar-refractivity contribution in [2.75, 3.05) is 11.2 Å². The highest BCUT2D eigenvalue weighted by atomic mass is 16.6. The number of fused-ring (bicyclic) bond motifs is 3. The summed E-state index contributed by atoms with van der Waals surface area (Å²) in [7, 11) is 0. The number of anilines is 1. The van der Waals surface area contributed by atoms with Crippen molar-refractivity contribution in [3.05, 3.63) is 102 Å². The van der Waals surface area contributed by atoms with Gasteiger partial charge in [0.15, 0.2) is 0 Å². The summed E-state index contributed by atoms with van der Waals surface area (Å²) in [6.45, 7) is 2.18. The van der Waals surface area contributed by atoms with E-state index in [1.165, 1.54) is 0 Å². The molecule has 0 aliphatic carbocycles. The fourth-order valence-corrected chi connectivity index (χ4v) is 4.23. The molecule has 5 aromatic rings. The van der Waals surface area contributed by atoms with Crippen LogP contribution in [0.1, 0.15) is 11.3 Å². The maximum absolute atomic E-state index is 12.7. The summed E-state index contributed by atoms with van der Waals surface area (Å²) in [4.78, 5) is 12.7. The summed E-state index contributed by atoms with van der Waals surface area (Å²) in [5.41, 5.74) is 14.6. The summed E-state index contributed by atoms with van der Waals surface area (Å²) >= 11 is 0. The molecule has 0 saturated carbocycles. The molecule has 0 bridgehead atoms. The average molecular weight is 422 g/mol. The van der Waals surface area contributed by atoms with Crippen LogP contribution in [0, 0.1) is 6.92 Å². The predicted molar refractivity (Wildman–Crippen MR) is 130 cm³/mol. The van der Waals surface area contributed by atoms with Crippen LogP contribution in [0.25, 0.3) is 32.8 Å². The lowest BCUT2D eigenvalue weighted by Gasteiger charge is -2.12. The number of nitrogens with two attached hydrogens (primary N) is 1. The van der Waals surface area contributed by atoms with E-state index in [4.69, 9.17) is 10.5 Å². The highest BCUT2D eigenvalue weighted by Crippen LogP contribution is 2.40. The molecule has 3 N–H and O–H groups in total. The van der Waals surface area contributed by atoms with Gasteiger partial charge in [0.1, 0.15) is 6.61 Å². The van der Waals surface area contributed by atoms with Gasteiger partial charge in [-0.25, -0.2) is 10.2 Å². The molecule has 1 aromatic heterocycles. The Morgan fingerprint density at radius 2 is 1.62 bits per heavy atom. The first-order valence-corrected chi connectivity index (χ1v) is 10.5. The SMILES string of the molecule is Cc1c(-c2ccccc2N)c2c3ccccc3ccc2n1NC(=O)OCc1ccccc1. The van der Waals surface area contributed by atoms with E-state index >= 15 is 0 Å². The number of nitrogen functional groups attached to an aromatic ring is 1. The molecule has 5 rings (SSSR count). The highest BCUT2D eigenvalue weighted by Gasteiger charge is 2.20. The van der Waals surface area contributed by atoms with Crippen molar-refractivity contribution in [3.63, 3.8) is 0 Å². The second kappa shape index (κ2) is 8.12. The molecule has 0 radical (unpaired) electrons. The van der Waals surface area contributed by atoms with E-state index in [0.717, 1.165) is 44.1 Å². The second-order valence-electron chi connectivity index (χ2n) is 7.74. The fourth-order valence-electron chi connectivity index (χ4n) is 4.23. The van der Waals surface area contributed by atoms with Crippen LogP contribution in [0.2, 0.25) is 0 Å². The Morgan fingerprint density at radius 1 is 0.906 bits per heavy atom. The predicted octanol–water partition coefficient (Wildman–Crippen LogP) is 6.23. The third-order valence-corrected chi connectivity index (χ3v) is 5.74. The molecular weight excluding hydrogens is 398 g/mol. The lowest BCUT2D eigenvalue weighted by atomic mass is 9.97. The number of carbonyl (C=O) groups excluding carboxylic acids is 1. The normalized spacial score (nSPS) is 11.0. The number of hydrogen-bond acceptors (Lipinski definition) is 3. The zero-order valence-corrected chi connectivity index (χ0v) is 17.7. The Morgan fingerprint density at radius 3 is 2.44 bits per heavy atom. The summed E-state index contributed by atoms with van der Waals surface area (Å²) in [5.74, 6) is 0. The summed E-state index contributed by atoms with van der Waals surface area (Å²) < 4.78 is 7.26. The number of para-hydroxylation sites is 1. The summed E-state index contributed by atoms with van der Waals surface area (Å²) in [5, 5.41) is 3.27. The van der Waals surface area contributed by atoms with Crippen molar-refractivity contribution < 1.29 is 9.53 Å². The van der Waals surface area contributed by atoms with E-state index in [-0.39, 0.29) is 6.61 Å². The van der Waals surface area contributed by atoms with E-state index in [1.807, 2.05) is 79.7 Å².